The Labute approximate surface area is 106 Å². The minimum absolute atomic E-state index is 0.489. The Morgan fingerprint density at radius 2 is 1.56 bits per heavy atom. The third kappa shape index (κ3) is 2.23. The summed E-state index contributed by atoms with van der Waals surface area (Å²) in [5, 5.41) is 0. The van der Waals surface area contributed by atoms with Crippen LogP contribution in [-0.2, 0) is 11.8 Å². The second-order valence-electron chi connectivity index (χ2n) is 3.49. The molecule has 0 aromatic heterocycles. The van der Waals surface area contributed by atoms with Crippen molar-refractivity contribution in [1.29, 1.82) is 0 Å². The van der Waals surface area contributed by atoms with Gasteiger partial charge in [0.05, 0.1) is 0 Å². The van der Waals surface area contributed by atoms with Crippen LogP contribution in [0.4, 0.5) is 0 Å². The molecule has 0 saturated carbocycles. The normalized spacial score (nSPS) is 10.4. The predicted octanol–water partition coefficient (Wildman–Crippen LogP) is 4.63. The van der Waals surface area contributed by atoms with E-state index >= 15 is 0 Å². The monoisotopic (exact) mass is 249 g/mol. The van der Waals surface area contributed by atoms with Gasteiger partial charge in [-0.25, -0.2) is 0 Å². The fourth-order valence-electron chi connectivity index (χ4n) is 1.71. The van der Waals surface area contributed by atoms with Gasteiger partial charge in [-0.05, 0) is 28.3 Å². The molecule has 0 saturated heterocycles. The van der Waals surface area contributed by atoms with E-state index < -0.39 is 0 Å². The molecule has 2 aromatic carbocycles. The SMILES string of the molecule is ClCc1ccc[c]c1-c1ccccc1CCl. The minimum Gasteiger partial charge on any atom is -0.122 e. The first-order valence-electron chi connectivity index (χ1n) is 5.06. The van der Waals surface area contributed by atoms with Crippen LogP contribution in [0, 0.1) is 6.07 Å². The first-order valence-corrected chi connectivity index (χ1v) is 6.13. The molecule has 0 nitrogen and oxygen atoms in total. The van der Waals surface area contributed by atoms with Gasteiger partial charge in [-0.15, -0.1) is 23.2 Å². The molecule has 0 N–H and O–H groups in total. The van der Waals surface area contributed by atoms with Crippen molar-refractivity contribution in [3.63, 3.8) is 0 Å². The largest absolute Gasteiger partial charge is 0.122 e. The molecular formula is C14H11Cl2. The number of alkyl halides is 2. The number of hydrogen-bond donors (Lipinski definition) is 0. The van der Waals surface area contributed by atoms with E-state index in [1.54, 1.807) is 0 Å². The van der Waals surface area contributed by atoms with Crippen LogP contribution in [-0.4, -0.2) is 0 Å². The molecule has 0 unspecified atom stereocenters. The van der Waals surface area contributed by atoms with E-state index in [0.29, 0.717) is 11.8 Å². The van der Waals surface area contributed by atoms with Gasteiger partial charge in [0.1, 0.15) is 0 Å². The lowest BCUT2D eigenvalue weighted by atomic mass is 9.97. The zero-order valence-electron chi connectivity index (χ0n) is 8.71. The van der Waals surface area contributed by atoms with Crippen LogP contribution in [0.2, 0.25) is 0 Å². The molecule has 2 heteroatoms. The van der Waals surface area contributed by atoms with Gasteiger partial charge in [-0.3, -0.25) is 0 Å². The second-order valence-corrected chi connectivity index (χ2v) is 4.03. The van der Waals surface area contributed by atoms with Gasteiger partial charge in [0, 0.05) is 11.8 Å². The summed E-state index contributed by atoms with van der Waals surface area (Å²) in [6.07, 6.45) is 0. The summed E-state index contributed by atoms with van der Waals surface area (Å²) in [4.78, 5) is 0. The van der Waals surface area contributed by atoms with Gasteiger partial charge in [-0.2, -0.15) is 0 Å². The topological polar surface area (TPSA) is 0 Å². The number of halogens is 2. The van der Waals surface area contributed by atoms with Crippen LogP contribution in [0.25, 0.3) is 11.1 Å². The predicted molar refractivity (Wildman–Crippen MR) is 69.8 cm³/mol. The third-order valence-electron chi connectivity index (χ3n) is 2.52. The van der Waals surface area contributed by atoms with E-state index in [0.717, 1.165) is 22.3 Å². The molecule has 2 rings (SSSR count). The van der Waals surface area contributed by atoms with Gasteiger partial charge in [0.2, 0.25) is 0 Å². The molecule has 1 radical (unpaired) electrons. The van der Waals surface area contributed by atoms with E-state index in [9.17, 15) is 0 Å². The lowest BCUT2D eigenvalue weighted by Crippen LogP contribution is -1.90. The number of rotatable bonds is 3. The van der Waals surface area contributed by atoms with Crippen molar-refractivity contribution >= 4 is 23.2 Å². The summed E-state index contributed by atoms with van der Waals surface area (Å²) in [6, 6.07) is 17.2. The first kappa shape index (κ1) is 11.5. The lowest BCUT2D eigenvalue weighted by Gasteiger charge is -2.10. The summed E-state index contributed by atoms with van der Waals surface area (Å²) < 4.78 is 0. The molecule has 0 spiro atoms. The van der Waals surface area contributed by atoms with E-state index in [1.807, 2.05) is 36.4 Å². The average molecular weight is 250 g/mol. The van der Waals surface area contributed by atoms with Crippen LogP contribution in [0.3, 0.4) is 0 Å². The van der Waals surface area contributed by atoms with Crippen molar-refractivity contribution in [3.05, 3.63) is 59.7 Å². The molecule has 0 heterocycles. The van der Waals surface area contributed by atoms with Crippen molar-refractivity contribution in [2.45, 2.75) is 11.8 Å². The summed E-state index contributed by atoms with van der Waals surface area (Å²) in [7, 11) is 0. The molecule has 16 heavy (non-hydrogen) atoms. The molecule has 0 amide bonds. The molecule has 0 aliphatic rings. The molecule has 0 fully saturated rings. The quantitative estimate of drug-likeness (QED) is 0.696. The highest BCUT2D eigenvalue weighted by molar-refractivity contribution is 6.18. The Kier molecular flexibility index (Phi) is 3.87. The van der Waals surface area contributed by atoms with E-state index in [1.165, 1.54) is 0 Å². The van der Waals surface area contributed by atoms with Gasteiger partial charge in [0.15, 0.2) is 0 Å². The van der Waals surface area contributed by atoms with Crippen LogP contribution in [0.5, 0.6) is 0 Å². The lowest BCUT2D eigenvalue weighted by molar-refractivity contribution is 1.35. The Morgan fingerprint density at radius 1 is 0.875 bits per heavy atom. The van der Waals surface area contributed by atoms with Crippen molar-refractivity contribution in [2.75, 3.05) is 0 Å². The standard InChI is InChI=1S/C14H11Cl2/c15-9-11-5-1-3-7-13(11)14-8-4-2-6-12(14)10-16/h1-7H,9-10H2. The van der Waals surface area contributed by atoms with Crippen LogP contribution >= 0.6 is 23.2 Å². The molecule has 81 valence electrons. The highest BCUT2D eigenvalue weighted by atomic mass is 35.5. The smallest absolute Gasteiger partial charge is 0.0480 e. The Morgan fingerprint density at radius 3 is 2.31 bits per heavy atom. The molecule has 2 aromatic rings. The van der Waals surface area contributed by atoms with Crippen molar-refractivity contribution in [2.24, 2.45) is 0 Å². The molecule has 0 atom stereocenters. The van der Waals surface area contributed by atoms with E-state index in [2.05, 4.69) is 12.1 Å². The maximum absolute atomic E-state index is 5.93. The summed E-state index contributed by atoms with van der Waals surface area (Å²) in [5.74, 6) is 0.990. The zero-order chi connectivity index (χ0) is 11.4. The van der Waals surface area contributed by atoms with Crippen LogP contribution in [0.15, 0.2) is 42.5 Å². The van der Waals surface area contributed by atoms with Crippen molar-refractivity contribution in [3.8, 4) is 11.1 Å². The highest BCUT2D eigenvalue weighted by Gasteiger charge is 2.07. The van der Waals surface area contributed by atoms with Crippen LogP contribution in [0.1, 0.15) is 11.1 Å². The fourth-order valence-corrected chi connectivity index (χ4v) is 2.17. The molecule has 0 bridgehead atoms. The van der Waals surface area contributed by atoms with E-state index in [4.69, 9.17) is 23.2 Å². The third-order valence-corrected chi connectivity index (χ3v) is 3.09. The molecule has 0 aliphatic heterocycles. The summed E-state index contributed by atoms with van der Waals surface area (Å²) in [5.41, 5.74) is 4.36. The molecule has 0 aliphatic carbocycles. The Balaban J connectivity index is 2.58. The molecular weight excluding hydrogens is 239 g/mol. The van der Waals surface area contributed by atoms with Gasteiger partial charge < -0.3 is 0 Å². The Bertz CT molecular complexity index is 432. The van der Waals surface area contributed by atoms with Crippen molar-refractivity contribution in [1.82, 2.24) is 0 Å². The van der Waals surface area contributed by atoms with Gasteiger partial charge in [-0.1, -0.05) is 42.5 Å². The Hall–Kier alpha value is -0.980. The van der Waals surface area contributed by atoms with Crippen molar-refractivity contribution < 1.29 is 0 Å². The first-order chi connectivity index (χ1) is 7.86. The van der Waals surface area contributed by atoms with E-state index in [-0.39, 0.29) is 0 Å². The summed E-state index contributed by atoms with van der Waals surface area (Å²) in [6.45, 7) is 0. The van der Waals surface area contributed by atoms with Crippen LogP contribution < -0.4 is 0 Å². The van der Waals surface area contributed by atoms with Gasteiger partial charge in [0.25, 0.3) is 0 Å². The maximum Gasteiger partial charge on any atom is 0.0480 e. The zero-order valence-corrected chi connectivity index (χ0v) is 10.2. The minimum atomic E-state index is 0.489. The second kappa shape index (κ2) is 5.38. The number of hydrogen-bond acceptors (Lipinski definition) is 0. The maximum atomic E-state index is 5.93. The highest BCUT2D eigenvalue weighted by Crippen LogP contribution is 2.28. The summed E-state index contributed by atoms with van der Waals surface area (Å²) >= 11 is 11.9. The average Bonchev–Trinajstić information content (AvgIpc) is 2.38. The fraction of sp³-hybridized carbons (Fsp3) is 0.143. The number of benzene rings is 2. The van der Waals surface area contributed by atoms with Gasteiger partial charge >= 0.3 is 0 Å².